The minimum absolute atomic E-state index is 0.273. The SMILES string of the molecule is CCNC(c1nccn1CC)C1C(C)OC(C)C1C. The second-order valence-electron chi connectivity index (χ2n) is 5.59. The van der Waals surface area contributed by atoms with E-state index < -0.39 is 0 Å². The summed E-state index contributed by atoms with van der Waals surface area (Å²) >= 11 is 0. The molecule has 1 aliphatic rings. The number of hydrogen-bond acceptors (Lipinski definition) is 3. The van der Waals surface area contributed by atoms with Crippen LogP contribution in [0.25, 0.3) is 0 Å². The molecule has 5 unspecified atom stereocenters. The summed E-state index contributed by atoms with van der Waals surface area (Å²) in [5.41, 5.74) is 0. The molecule has 0 bridgehead atoms. The Balaban J connectivity index is 2.30. The van der Waals surface area contributed by atoms with Crippen molar-refractivity contribution in [2.24, 2.45) is 11.8 Å². The third-order valence-electron chi connectivity index (χ3n) is 4.49. The highest BCUT2D eigenvalue weighted by atomic mass is 16.5. The molecule has 2 heterocycles. The van der Waals surface area contributed by atoms with Crippen molar-refractivity contribution >= 4 is 0 Å². The van der Waals surface area contributed by atoms with Crippen LogP contribution in [-0.4, -0.2) is 28.3 Å². The Morgan fingerprint density at radius 3 is 2.58 bits per heavy atom. The number of rotatable bonds is 5. The van der Waals surface area contributed by atoms with Gasteiger partial charge in [-0.25, -0.2) is 4.98 Å². The normalized spacial score (nSPS) is 32.7. The maximum Gasteiger partial charge on any atom is 0.126 e. The molecule has 0 aliphatic carbocycles. The maximum atomic E-state index is 6.01. The van der Waals surface area contributed by atoms with Gasteiger partial charge in [0.1, 0.15) is 5.82 Å². The van der Waals surface area contributed by atoms with E-state index in [1.165, 1.54) is 0 Å². The highest BCUT2D eigenvalue weighted by Gasteiger charge is 2.43. The van der Waals surface area contributed by atoms with Crippen LogP contribution in [0.15, 0.2) is 12.4 Å². The van der Waals surface area contributed by atoms with Crippen LogP contribution >= 0.6 is 0 Å². The molecule has 4 heteroatoms. The van der Waals surface area contributed by atoms with Gasteiger partial charge in [-0.15, -0.1) is 0 Å². The van der Waals surface area contributed by atoms with Crippen molar-refractivity contribution in [3.63, 3.8) is 0 Å². The summed E-state index contributed by atoms with van der Waals surface area (Å²) in [6.07, 6.45) is 4.56. The van der Waals surface area contributed by atoms with Crippen molar-refractivity contribution in [1.29, 1.82) is 0 Å². The zero-order chi connectivity index (χ0) is 14.0. The molecular formula is C15H27N3O. The van der Waals surface area contributed by atoms with E-state index in [1.807, 2.05) is 6.20 Å². The first-order chi connectivity index (χ1) is 9.10. The lowest BCUT2D eigenvalue weighted by Crippen LogP contribution is -2.36. The molecule has 4 nitrogen and oxygen atoms in total. The molecule has 1 saturated heterocycles. The van der Waals surface area contributed by atoms with Crippen molar-refractivity contribution in [3.05, 3.63) is 18.2 Å². The van der Waals surface area contributed by atoms with Gasteiger partial charge in [0.15, 0.2) is 0 Å². The van der Waals surface area contributed by atoms with Gasteiger partial charge in [-0.1, -0.05) is 13.8 Å². The molecule has 1 N–H and O–H groups in total. The van der Waals surface area contributed by atoms with Gasteiger partial charge in [0.25, 0.3) is 0 Å². The number of ether oxygens (including phenoxy) is 1. The van der Waals surface area contributed by atoms with Crippen LogP contribution in [0.3, 0.4) is 0 Å². The van der Waals surface area contributed by atoms with E-state index >= 15 is 0 Å². The molecule has 108 valence electrons. The lowest BCUT2D eigenvalue weighted by molar-refractivity contribution is 0.0470. The topological polar surface area (TPSA) is 39.1 Å². The first kappa shape index (κ1) is 14.5. The minimum atomic E-state index is 0.273. The molecule has 0 saturated carbocycles. The quantitative estimate of drug-likeness (QED) is 0.889. The Morgan fingerprint density at radius 1 is 1.32 bits per heavy atom. The lowest BCUT2D eigenvalue weighted by atomic mass is 9.83. The lowest BCUT2D eigenvalue weighted by Gasteiger charge is -2.29. The Kier molecular flexibility index (Phi) is 4.63. The molecule has 1 fully saturated rings. The highest BCUT2D eigenvalue weighted by Crippen LogP contribution is 2.40. The summed E-state index contributed by atoms with van der Waals surface area (Å²) in [5, 5.41) is 3.62. The summed E-state index contributed by atoms with van der Waals surface area (Å²) < 4.78 is 8.24. The fraction of sp³-hybridized carbons (Fsp3) is 0.800. The maximum absolute atomic E-state index is 6.01. The smallest absolute Gasteiger partial charge is 0.126 e. The van der Waals surface area contributed by atoms with E-state index in [0.717, 1.165) is 18.9 Å². The van der Waals surface area contributed by atoms with Gasteiger partial charge in [-0.2, -0.15) is 0 Å². The average Bonchev–Trinajstić information content (AvgIpc) is 2.94. The van der Waals surface area contributed by atoms with Gasteiger partial charge in [-0.05, 0) is 33.2 Å². The standard InChI is InChI=1S/C15H27N3O/c1-6-16-14(15-17-8-9-18(15)7-2)13-10(3)11(4)19-12(13)5/h8-14,16H,6-7H2,1-5H3. The molecule has 0 aromatic carbocycles. The van der Waals surface area contributed by atoms with Crippen LogP contribution in [-0.2, 0) is 11.3 Å². The van der Waals surface area contributed by atoms with Gasteiger partial charge in [0.05, 0.1) is 18.2 Å². The van der Waals surface area contributed by atoms with Gasteiger partial charge >= 0.3 is 0 Å². The van der Waals surface area contributed by atoms with Gasteiger partial charge in [0.2, 0.25) is 0 Å². The first-order valence-corrected chi connectivity index (χ1v) is 7.50. The largest absolute Gasteiger partial charge is 0.375 e. The molecule has 2 rings (SSSR count). The van der Waals surface area contributed by atoms with E-state index in [4.69, 9.17) is 4.74 Å². The fourth-order valence-corrected chi connectivity index (χ4v) is 3.35. The van der Waals surface area contributed by atoms with Crippen molar-refractivity contribution in [2.45, 2.75) is 59.4 Å². The Labute approximate surface area is 116 Å². The summed E-state index contributed by atoms with van der Waals surface area (Å²) in [6, 6.07) is 0.273. The van der Waals surface area contributed by atoms with Crippen LogP contribution in [0.4, 0.5) is 0 Å². The summed E-state index contributed by atoms with van der Waals surface area (Å²) in [7, 11) is 0. The highest BCUT2D eigenvalue weighted by molar-refractivity contribution is 5.05. The molecule has 0 amide bonds. The number of aromatic nitrogens is 2. The fourth-order valence-electron chi connectivity index (χ4n) is 3.35. The first-order valence-electron chi connectivity index (χ1n) is 7.50. The van der Waals surface area contributed by atoms with Crippen molar-refractivity contribution in [2.75, 3.05) is 6.54 Å². The average molecular weight is 265 g/mol. The molecule has 1 aromatic rings. The molecule has 19 heavy (non-hydrogen) atoms. The minimum Gasteiger partial charge on any atom is -0.375 e. The van der Waals surface area contributed by atoms with Crippen molar-refractivity contribution < 1.29 is 4.74 Å². The van der Waals surface area contributed by atoms with Crippen molar-refractivity contribution in [3.8, 4) is 0 Å². The molecule has 0 radical (unpaired) electrons. The molecule has 1 aliphatic heterocycles. The third kappa shape index (κ3) is 2.70. The second-order valence-corrected chi connectivity index (χ2v) is 5.59. The summed E-state index contributed by atoms with van der Waals surface area (Å²) in [5.74, 6) is 2.16. The van der Waals surface area contributed by atoms with Crippen LogP contribution in [0, 0.1) is 11.8 Å². The Morgan fingerprint density at radius 2 is 2.05 bits per heavy atom. The van der Waals surface area contributed by atoms with Gasteiger partial charge in [-0.3, -0.25) is 0 Å². The summed E-state index contributed by atoms with van der Waals surface area (Å²) in [4.78, 5) is 4.59. The number of imidazole rings is 1. The number of nitrogens with zero attached hydrogens (tertiary/aromatic N) is 2. The van der Waals surface area contributed by atoms with Crippen LogP contribution in [0.1, 0.15) is 46.5 Å². The number of aryl methyl sites for hydroxylation is 1. The monoisotopic (exact) mass is 265 g/mol. The van der Waals surface area contributed by atoms with Gasteiger partial charge < -0.3 is 14.6 Å². The van der Waals surface area contributed by atoms with Crippen LogP contribution in [0.5, 0.6) is 0 Å². The molecular weight excluding hydrogens is 238 g/mol. The van der Waals surface area contributed by atoms with Crippen molar-refractivity contribution in [1.82, 2.24) is 14.9 Å². The van der Waals surface area contributed by atoms with Crippen LogP contribution < -0.4 is 5.32 Å². The number of hydrogen-bond donors (Lipinski definition) is 1. The van der Waals surface area contributed by atoms with Crippen LogP contribution in [0.2, 0.25) is 0 Å². The van der Waals surface area contributed by atoms with E-state index in [-0.39, 0.29) is 12.1 Å². The predicted octanol–water partition coefficient (Wildman–Crippen LogP) is 2.61. The summed E-state index contributed by atoms with van der Waals surface area (Å²) in [6.45, 7) is 12.9. The third-order valence-corrected chi connectivity index (χ3v) is 4.49. The zero-order valence-corrected chi connectivity index (χ0v) is 12.8. The molecule has 1 aromatic heterocycles. The van der Waals surface area contributed by atoms with E-state index in [0.29, 0.717) is 17.9 Å². The predicted molar refractivity (Wildman–Crippen MR) is 77.0 cm³/mol. The van der Waals surface area contributed by atoms with E-state index in [2.05, 4.69) is 55.7 Å². The van der Waals surface area contributed by atoms with Gasteiger partial charge in [0, 0.05) is 24.9 Å². The zero-order valence-electron chi connectivity index (χ0n) is 12.8. The molecule has 0 spiro atoms. The number of nitrogens with one attached hydrogen (secondary N) is 1. The molecule has 5 atom stereocenters. The Bertz CT molecular complexity index is 404. The van der Waals surface area contributed by atoms with E-state index in [9.17, 15) is 0 Å². The second kappa shape index (κ2) is 6.06. The Hall–Kier alpha value is -0.870. The van der Waals surface area contributed by atoms with E-state index in [1.54, 1.807) is 0 Å².